The van der Waals surface area contributed by atoms with Gasteiger partial charge in [-0.2, -0.15) is 5.06 Å². The van der Waals surface area contributed by atoms with Gasteiger partial charge < -0.3 is 4.74 Å². The molecule has 146 valence electrons. The van der Waals surface area contributed by atoms with Crippen molar-refractivity contribution in [1.82, 2.24) is 9.79 Å². The first kappa shape index (κ1) is 19.8. The summed E-state index contributed by atoms with van der Waals surface area (Å²) in [6, 6.07) is 12.8. The normalized spacial score (nSPS) is 20.7. The molecule has 0 saturated carbocycles. The minimum absolute atomic E-state index is 0.0155. The highest BCUT2D eigenvalue weighted by atomic mass is 32.2. The van der Waals surface area contributed by atoms with E-state index in [0.717, 1.165) is 11.3 Å². The number of hydroxylamine groups is 2. The van der Waals surface area contributed by atoms with Crippen LogP contribution < -0.4 is 9.46 Å². The van der Waals surface area contributed by atoms with Crippen molar-refractivity contribution in [1.29, 1.82) is 0 Å². The van der Waals surface area contributed by atoms with Crippen LogP contribution in [0.5, 0.6) is 5.75 Å². The highest BCUT2D eigenvalue weighted by Crippen LogP contribution is 2.33. The van der Waals surface area contributed by atoms with Gasteiger partial charge in [-0.25, -0.2) is 17.5 Å². The van der Waals surface area contributed by atoms with E-state index in [4.69, 9.17) is 9.57 Å². The molecule has 2 aromatic rings. The number of benzene rings is 2. The van der Waals surface area contributed by atoms with Crippen molar-refractivity contribution in [2.24, 2.45) is 0 Å². The SMILES string of the molecule is COc1ccccc1CCNS(=O)(=O)[C@@H]1CON(C)[C@H]1c1cccc(F)c1. The molecule has 2 atom stereocenters. The number of halogens is 1. The Balaban J connectivity index is 1.71. The second-order valence-electron chi connectivity index (χ2n) is 6.38. The van der Waals surface area contributed by atoms with Gasteiger partial charge in [0.05, 0.1) is 19.8 Å². The molecule has 0 unspecified atom stereocenters. The second kappa shape index (κ2) is 8.35. The number of methoxy groups -OCH3 is 1. The largest absolute Gasteiger partial charge is 0.496 e. The van der Waals surface area contributed by atoms with Gasteiger partial charge in [-0.1, -0.05) is 30.3 Å². The molecule has 1 heterocycles. The zero-order chi connectivity index (χ0) is 19.4. The monoisotopic (exact) mass is 394 g/mol. The Kier molecular flexibility index (Phi) is 6.11. The molecule has 2 aromatic carbocycles. The summed E-state index contributed by atoms with van der Waals surface area (Å²) in [5, 5.41) is 0.640. The average molecular weight is 394 g/mol. The Bertz CT molecular complexity index is 891. The quantitative estimate of drug-likeness (QED) is 0.780. The minimum Gasteiger partial charge on any atom is -0.496 e. The van der Waals surface area contributed by atoms with Crippen LogP contribution in [0.15, 0.2) is 48.5 Å². The first-order chi connectivity index (χ1) is 12.9. The lowest BCUT2D eigenvalue weighted by Crippen LogP contribution is -2.40. The molecule has 1 saturated heterocycles. The van der Waals surface area contributed by atoms with E-state index in [9.17, 15) is 12.8 Å². The van der Waals surface area contributed by atoms with Crippen LogP contribution in [0.4, 0.5) is 4.39 Å². The topological polar surface area (TPSA) is 67.9 Å². The molecular weight excluding hydrogens is 371 g/mol. The number of hydrogen-bond acceptors (Lipinski definition) is 5. The number of sulfonamides is 1. The highest BCUT2D eigenvalue weighted by molar-refractivity contribution is 7.90. The zero-order valence-electron chi connectivity index (χ0n) is 15.3. The van der Waals surface area contributed by atoms with E-state index in [2.05, 4.69) is 4.72 Å². The van der Waals surface area contributed by atoms with Crippen LogP contribution in [0.25, 0.3) is 0 Å². The van der Waals surface area contributed by atoms with Gasteiger partial charge in [-0.3, -0.25) is 4.84 Å². The summed E-state index contributed by atoms with van der Waals surface area (Å²) >= 11 is 0. The maximum atomic E-state index is 13.6. The maximum Gasteiger partial charge on any atom is 0.218 e. The van der Waals surface area contributed by atoms with Crippen LogP contribution in [0, 0.1) is 5.82 Å². The third kappa shape index (κ3) is 4.47. The fraction of sp³-hybridized carbons (Fsp3) is 0.368. The molecular formula is C19H23FN2O4S. The maximum absolute atomic E-state index is 13.6. The number of nitrogens with zero attached hydrogens (tertiary/aromatic N) is 1. The Morgan fingerprint density at radius 1 is 1.26 bits per heavy atom. The molecule has 27 heavy (non-hydrogen) atoms. The molecule has 0 spiro atoms. The predicted molar refractivity (Wildman–Crippen MR) is 100 cm³/mol. The lowest BCUT2D eigenvalue weighted by molar-refractivity contribution is -0.110. The molecule has 6 nitrogen and oxygen atoms in total. The van der Waals surface area contributed by atoms with Crippen LogP contribution in [0.2, 0.25) is 0 Å². The number of hydrogen-bond donors (Lipinski definition) is 1. The molecule has 0 amide bonds. The Hall–Kier alpha value is -2.00. The number of para-hydroxylation sites is 1. The van der Waals surface area contributed by atoms with Crippen LogP contribution in [0.1, 0.15) is 17.2 Å². The van der Waals surface area contributed by atoms with Crippen molar-refractivity contribution < 1.29 is 22.4 Å². The third-order valence-corrected chi connectivity index (χ3v) is 6.46. The summed E-state index contributed by atoms with van der Waals surface area (Å²) < 4.78 is 47.2. The van der Waals surface area contributed by atoms with E-state index in [1.807, 2.05) is 24.3 Å². The van der Waals surface area contributed by atoms with Gasteiger partial charge >= 0.3 is 0 Å². The standard InChI is InChI=1S/C19H23FN2O4S/c1-22-19(15-7-5-8-16(20)12-15)18(13-26-22)27(23,24)21-11-10-14-6-3-4-9-17(14)25-2/h3-9,12,18-19,21H,10-11,13H2,1-2H3/t18-,19+/m1/s1. The molecule has 1 aliphatic heterocycles. The number of rotatable bonds is 7. The van der Waals surface area contributed by atoms with Gasteiger partial charge in [-0.05, 0) is 35.7 Å². The molecule has 3 rings (SSSR count). The minimum atomic E-state index is -3.67. The van der Waals surface area contributed by atoms with Crippen molar-refractivity contribution >= 4 is 10.0 Å². The molecule has 1 fully saturated rings. The summed E-state index contributed by atoms with van der Waals surface area (Å²) in [7, 11) is -0.438. The smallest absolute Gasteiger partial charge is 0.218 e. The molecule has 0 aromatic heterocycles. The van der Waals surface area contributed by atoms with Gasteiger partial charge in [-0.15, -0.1) is 0 Å². The van der Waals surface area contributed by atoms with E-state index in [1.165, 1.54) is 17.2 Å². The van der Waals surface area contributed by atoms with Gasteiger partial charge in [0.15, 0.2) is 0 Å². The Labute approximate surface area is 158 Å². The van der Waals surface area contributed by atoms with Gasteiger partial charge in [0.1, 0.15) is 16.8 Å². The van der Waals surface area contributed by atoms with E-state index >= 15 is 0 Å². The Morgan fingerprint density at radius 3 is 2.78 bits per heavy atom. The van der Waals surface area contributed by atoms with Gasteiger partial charge in [0.2, 0.25) is 10.0 Å². The van der Waals surface area contributed by atoms with E-state index in [0.29, 0.717) is 12.0 Å². The summed E-state index contributed by atoms with van der Waals surface area (Å²) in [5.41, 5.74) is 1.49. The summed E-state index contributed by atoms with van der Waals surface area (Å²) in [5.74, 6) is 0.311. The molecule has 0 bridgehead atoms. The first-order valence-corrected chi connectivity index (χ1v) is 10.2. The van der Waals surface area contributed by atoms with Gasteiger partial charge in [0, 0.05) is 13.6 Å². The van der Waals surface area contributed by atoms with Gasteiger partial charge in [0.25, 0.3) is 0 Å². The first-order valence-electron chi connectivity index (χ1n) is 8.64. The molecule has 8 heteroatoms. The van der Waals surface area contributed by atoms with E-state index in [1.54, 1.807) is 26.3 Å². The fourth-order valence-electron chi connectivity index (χ4n) is 3.32. The lowest BCUT2D eigenvalue weighted by atomic mass is 10.0. The highest BCUT2D eigenvalue weighted by Gasteiger charge is 2.43. The van der Waals surface area contributed by atoms with Crippen molar-refractivity contribution in [2.45, 2.75) is 17.7 Å². The lowest BCUT2D eigenvalue weighted by Gasteiger charge is -2.23. The van der Waals surface area contributed by atoms with Crippen molar-refractivity contribution in [3.8, 4) is 5.75 Å². The fourth-order valence-corrected chi connectivity index (χ4v) is 4.82. The number of ether oxygens (including phenoxy) is 1. The van der Waals surface area contributed by atoms with E-state index in [-0.39, 0.29) is 13.2 Å². The van der Waals surface area contributed by atoms with Crippen LogP contribution >= 0.6 is 0 Å². The average Bonchev–Trinajstić information content (AvgIpc) is 3.04. The molecule has 0 aliphatic carbocycles. The third-order valence-electron chi connectivity index (χ3n) is 4.67. The molecule has 1 aliphatic rings. The van der Waals surface area contributed by atoms with Crippen LogP contribution in [-0.4, -0.2) is 46.0 Å². The van der Waals surface area contributed by atoms with Crippen molar-refractivity contribution in [2.75, 3.05) is 27.3 Å². The predicted octanol–water partition coefficient (Wildman–Crippen LogP) is 2.28. The Morgan fingerprint density at radius 2 is 2.04 bits per heavy atom. The number of nitrogens with one attached hydrogen (secondary N) is 1. The van der Waals surface area contributed by atoms with Crippen LogP contribution in [0.3, 0.4) is 0 Å². The van der Waals surface area contributed by atoms with Crippen LogP contribution in [-0.2, 0) is 21.3 Å². The molecule has 0 radical (unpaired) electrons. The summed E-state index contributed by atoms with van der Waals surface area (Å²) in [4.78, 5) is 5.43. The van der Waals surface area contributed by atoms with Crippen molar-refractivity contribution in [3.63, 3.8) is 0 Å². The van der Waals surface area contributed by atoms with E-state index < -0.39 is 27.1 Å². The van der Waals surface area contributed by atoms with Crippen molar-refractivity contribution in [3.05, 3.63) is 65.5 Å². The second-order valence-corrected chi connectivity index (χ2v) is 8.37. The summed E-state index contributed by atoms with van der Waals surface area (Å²) in [6.45, 7) is 0.250. The summed E-state index contributed by atoms with van der Waals surface area (Å²) in [6.07, 6.45) is 0.497. The molecule has 1 N–H and O–H groups in total. The zero-order valence-corrected chi connectivity index (χ0v) is 16.1.